The summed E-state index contributed by atoms with van der Waals surface area (Å²) in [6, 6.07) is 66.5. The van der Waals surface area contributed by atoms with Crippen LogP contribution in [0.25, 0.3) is 87.6 Å². The van der Waals surface area contributed by atoms with Gasteiger partial charge in [0.25, 0.3) is 0 Å². The Morgan fingerprint density at radius 3 is 1.48 bits per heavy atom. The highest BCUT2D eigenvalue weighted by Gasteiger charge is 2.20. The molecule has 0 N–H and O–H groups in total. The molecule has 0 aromatic heterocycles. The third kappa shape index (κ3) is 4.23. The summed E-state index contributed by atoms with van der Waals surface area (Å²) < 4.78 is 0. The van der Waals surface area contributed by atoms with E-state index in [1.54, 1.807) is 0 Å². The predicted octanol–water partition coefficient (Wildman–Crippen LogP) is 13.0. The van der Waals surface area contributed by atoms with Crippen molar-refractivity contribution in [3.8, 4) is 44.5 Å². The Hall–Kier alpha value is -5.98. The van der Waals surface area contributed by atoms with Crippen molar-refractivity contribution < 1.29 is 0 Å². The Kier molecular flexibility index (Phi) is 6.25. The SMILES string of the molecule is c1ccc(-c2ccccc2-c2c3ccccc3c(-c3ccccc3)c3ccc(-c4cc5ccccc5c5ccccc45)cc23)cc1. The Labute approximate surface area is 268 Å². The molecule has 0 amide bonds. The molecule has 0 aliphatic rings. The maximum Gasteiger partial charge on any atom is -0.00199 e. The first-order chi connectivity index (χ1) is 22.8. The zero-order valence-corrected chi connectivity index (χ0v) is 25.3. The number of hydrogen-bond donors (Lipinski definition) is 0. The van der Waals surface area contributed by atoms with Gasteiger partial charge in [-0.3, -0.25) is 0 Å². The van der Waals surface area contributed by atoms with Gasteiger partial charge in [-0.15, -0.1) is 0 Å². The average molecular weight is 583 g/mol. The molecule has 0 heteroatoms. The van der Waals surface area contributed by atoms with Crippen LogP contribution in [0.5, 0.6) is 0 Å². The second kappa shape index (κ2) is 10.9. The minimum atomic E-state index is 1.22. The van der Waals surface area contributed by atoms with Crippen molar-refractivity contribution in [2.75, 3.05) is 0 Å². The van der Waals surface area contributed by atoms with Crippen LogP contribution < -0.4 is 0 Å². The van der Waals surface area contributed by atoms with Crippen LogP contribution in [0, 0.1) is 0 Å². The fourth-order valence-electron chi connectivity index (χ4n) is 7.42. The lowest BCUT2D eigenvalue weighted by Crippen LogP contribution is -1.93. The molecule has 0 saturated carbocycles. The van der Waals surface area contributed by atoms with Crippen molar-refractivity contribution in [3.63, 3.8) is 0 Å². The van der Waals surface area contributed by atoms with E-state index in [9.17, 15) is 0 Å². The van der Waals surface area contributed by atoms with Gasteiger partial charge in [0, 0.05) is 0 Å². The molecule has 0 nitrogen and oxygen atoms in total. The Morgan fingerprint density at radius 1 is 0.217 bits per heavy atom. The van der Waals surface area contributed by atoms with Gasteiger partial charge in [-0.2, -0.15) is 0 Å². The number of benzene rings is 9. The molecule has 9 aromatic carbocycles. The zero-order chi connectivity index (χ0) is 30.5. The topological polar surface area (TPSA) is 0 Å². The summed E-state index contributed by atoms with van der Waals surface area (Å²) in [6.07, 6.45) is 0. The number of fused-ring (bicyclic) bond motifs is 5. The molecular weight excluding hydrogens is 553 g/mol. The van der Waals surface area contributed by atoms with Crippen molar-refractivity contribution in [2.45, 2.75) is 0 Å². The highest BCUT2D eigenvalue weighted by molar-refractivity contribution is 6.23. The average Bonchev–Trinajstić information content (AvgIpc) is 3.14. The lowest BCUT2D eigenvalue weighted by atomic mass is 9.82. The normalized spacial score (nSPS) is 11.5. The molecule has 0 heterocycles. The van der Waals surface area contributed by atoms with E-state index in [1.807, 2.05) is 0 Å². The fraction of sp³-hybridized carbons (Fsp3) is 0. The van der Waals surface area contributed by atoms with E-state index in [-0.39, 0.29) is 0 Å². The van der Waals surface area contributed by atoms with Gasteiger partial charge in [0.2, 0.25) is 0 Å². The Balaban J connectivity index is 1.44. The summed E-state index contributed by atoms with van der Waals surface area (Å²) in [4.78, 5) is 0. The van der Waals surface area contributed by atoms with Crippen LogP contribution in [0.1, 0.15) is 0 Å². The van der Waals surface area contributed by atoms with Gasteiger partial charge in [0.1, 0.15) is 0 Å². The molecule has 0 spiro atoms. The Bertz CT molecular complexity index is 2560. The van der Waals surface area contributed by atoms with Gasteiger partial charge in [0.15, 0.2) is 0 Å². The first kappa shape index (κ1) is 26.4. The summed E-state index contributed by atoms with van der Waals surface area (Å²) in [5, 5.41) is 10.2. The lowest BCUT2D eigenvalue weighted by molar-refractivity contribution is 1.60. The van der Waals surface area contributed by atoms with Crippen molar-refractivity contribution in [2.24, 2.45) is 0 Å². The second-order valence-electron chi connectivity index (χ2n) is 12.0. The number of rotatable bonds is 4. The van der Waals surface area contributed by atoms with Crippen LogP contribution in [0.4, 0.5) is 0 Å². The van der Waals surface area contributed by atoms with Crippen molar-refractivity contribution in [1.82, 2.24) is 0 Å². The van der Waals surface area contributed by atoms with E-state index in [0.29, 0.717) is 0 Å². The van der Waals surface area contributed by atoms with E-state index >= 15 is 0 Å². The first-order valence-electron chi connectivity index (χ1n) is 15.9. The smallest absolute Gasteiger partial charge is 0.00199 e. The molecule has 9 rings (SSSR count). The molecule has 0 radical (unpaired) electrons. The van der Waals surface area contributed by atoms with Gasteiger partial charge >= 0.3 is 0 Å². The number of hydrogen-bond acceptors (Lipinski definition) is 0. The van der Waals surface area contributed by atoms with Crippen LogP contribution in [-0.2, 0) is 0 Å². The summed E-state index contributed by atoms with van der Waals surface area (Å²) in [7, 11) is 0. The molecule has 0 bridgehead atoms. The van der Waals surface area contributed by atoms with Crippen LogP contribution >= 0.6 is 0 Å². The third-order valence-corrected chi connectivity index (χ3v) is 9.45. The molecule has 0 saturated heterocycles. The molecule has 0 fully saturated rings. The summed E-state index contributed by atoms with van der Waals surface area (Å²) in [5.74, 6) is 0. The highest BCUT2D eigenvalue weighted by atomic mass is 14.2. The van der Waals surface area contributed by atoms with E-state index < -0.39 is 0 Å². The van der Waals surface area contributed by atoms with Gasteiger partial charge in [-0.25, -0.2) is 0 Å². The zero-order valence-electron chi connectivity index (χ0n) is 25.3. The third-order valence-electron chi connectivity index (χ3n) is 9.45. The minimum absolute atomic E-state index is 1.22. The highest BCUT2D eigenvalue weighted by Crippen LogP contribution is 2.47. The molecule has 46 heavy (non-hydrogen) atoms. The van der Waals surface area contributed by atoms with Crippen LogP contribution in [-0.4, -0.2) is 0 Å². The van der Waals surface area contributed by atoms with E-state index in [1.165, 1.54) is 87.6 Å². The standard InChI is InChI=1S/C46H30/c1-3-15-31(16-4-1)35-20-9-12-24-39(35)46-41-26-14-13-25-40(41)45(32-17-5-2-6-18-32)42-28-27-34(30-44(42)46)43-29-33-19-7-8-21-36(33)37-22-10-11-23-38(37)43/h1-30H. The van der Waals surface area contributed by atoms with Crippen molar-refractivity contribution in [1.29, 1.82) is 0 Å². The molecule has 214 valence electrons. The van der Waals surface area contributed by atoms with Gasteiger partial charge in [-0.1, -0.05) is 170 Å². The summed E-state index contributed by atoms with van der Waals surface area (Å²) in [6.45, 7) is 0. The molecule has 0 unspecified atom stereocenters. The summed E-state index contributed by atoms with van der Waals surface area (Å²) >= 11 is 0. The van der Waals surface area contributed by atoms with Crippen LogP contribution in [0.3, 0.4) is 0 Å². The monoisotopic (exact) mass is 582 g/mol. The van der Waals surface area contributed by atoms with Crippen molar-refractivity contribution >= 4 is 43.1 Å². The molecule has 0 atom stereocenters. The predicted molar refractivity (Wildman–Crippen MR) is 198 cm³/mol. The van der Waals surface area contributed by atoms with Crippen LogP contribution in [0.15, 0.2) is 182 Å². The molecule has 9 aromatic rings. The lowest BCUT2D eigenvalue weighted by Gasteiger charge is -2.21. The van der Waals surface area contributed by atoms with E-state index in [4.69, 9.17) is 0 Å². The fourth-order valence-corrected chi connectivity index (χ4v) is 7.42. The maximum absolute atomic E-state index is 2.45. The Morgan fingerprint density at radius 2 is 0.739 bits per heavy atom. The van der Waals surface area contributed by atoms with E-state index in [2.05, 4.69) is 182 Å². The second-order valence-corrected chi connectivity index (χ2v) is 12.0. The quantitative estimate of drug-likeness (QED) is 0.143. The molecule has 0 aliphatic carbocycles. The maximum atomic E-state index is 2.45. The van der Waals surface area contributed by atoms with Gasteiger partial charge in [0.05, 0.1) is 0 Å². The largest absolute Gasteiger partial charge is 0.0622 e. The molecular formula is C46H30. The van der Waals surface area contributed by atoms with Gasteiger partial charge < -0.3 is 0 Å². The van der Waals surface area contributed by atoms with Crippen LogP contribution in [0.2, 0.25) is 0 Å². The summed E-state index contributed by atoms with van der Waals surface area (Å²) in [5.41, 5.74) is 9.97. The van der Waals surface area contributed by atoms with Crippen molar-refractivity contribution in [3.05, 3.63) is 182 Å². The first-order valence-corrected chi connectivity index (χ1v) is 15.9. The van der Waals surface area contributed by atoms with E-state index in [0.717, 1.165) is 0 Å². The molecule has 0 aliphatic heterocycles. The van der Waals surface area contributed by atoms with Gasteiger partial charge in [-0.05, 0) is 99.7 Å². The minimum Gasteiger partial charge on any atom is -0.0622 e.